The Bertz CT molecular complexity index is 1140. The highest BCUT2D eigenvalue weighted by atomic mass is 35.5. The SMILES string of the molecule is O=C(CSc1ccc(Cl)cc1)Nc1ccc2oc(-c3cccc(F)c3)nc2c1. The second kappa shape index (κ2) is 8.04. The molecule has 3 aromatic carbocycles. The van der Waals surface area contributed by atoms with E-state index in [1.54, 1.807) is 42.5 Å². The number of aromatic nitrogens is 1. The van der Waals surface area contributed by atoms with Crippen LogP contribution in [0, 0.1) is 5.82 Å². The van der Waals surface area contributed by atoms with E-state index in [1.165, 1.54) is 23.9 Å². The summed E-state index contributed by atoms with van der Waals surface area (Å²) in [5.74, 6) is 0.114. The fraction of sp³-hybridized carbons (Fsp3) is 0.0476. The summed E-state index contributed by atoms with van der Waals surface area (Å²) < 4.78 is 19.1. The molecule has 0 aliphatic rings. The number of nitrogens with one attached hydrogen (secondary N) is 1. The number of carbonyl (C=O) groups excluding carboxylic acids is 1. The average molecular weight is 413 g/mol. The van der Waals surface area contributed by atoms with Crippen molar-refractivity contribution in [3.8, 4) is 11.5 Å². The zero-order valence-corrected chi connectivity index (χ0v) is 16.1. The number of nitrogens with zero attached hydrogens (tertiary/aromatic N) is 1. The van der Waals surface area contributed by atoms with Gasteiger partial charge in [-0.1, -0.05) is 17.7 Å². The maximum Gasteiger partial charge on any atom is 0.234 e. The van der Waals surface area contributed by atoms with Crippen molar-refractivity contribution >= 4 is 46.1 Å². The topological polar surface area (TPSA) is 55.1 Å². The van der Waals surface area contributed by atoms with Crippen molar-refractivity contribution in [3.05, 3.63) is 77.6 Å². The zero-order chi connectivity index (χ0) is 19.5. The number of hydrogen-bond donors (Lipinski definition) is 1. The van der Waals surface area contributed by atoms with Gasteiger partial charge >= 0.3 is 0 Å². The van der Waals surface area contributed by atoms with Gasteiger partial charge in [0, 0.05) is 21.2 Å². The minimum Gasteiger partial charge on any atom is -0.436 e. The van der Waals surface area contributed by atoms with Crippen molar-refractivity contribution in [2.75, 3.05) is 11.1 Å². The van der Waals surface area contributed by atoms with E-state index in [9.17, 15) is 9.18 Å². The molecule has 7 heteroatoms. The summed E-state index contributed by atoms with van der Waals surface area (Å²) in [5, 5.41) is 3.51. The summed E-state index contributed by atoms with van der Waals surface area (Å²) in [6.07, 6.45) is 0. The van der Waals surface area contributed by atoms with Gasteiger partial charge in [-0.15, -0.1) is 11.8 Å². The van der Waals surface area contributed by atoms with Crippen molar-refractivity contribution < 1.29 is 13.6 Å². The number of anilines is 1. The molecule has 0 fully saturated rings. The fourth-order valence-electron chi connectivity index (χ4n) is 2.63. The van der Waals surface area contributed by atoms with Gasteiger partial charge in [0.15, 0.2) is 5.58 Å². The molecule has 0 saturated heterocycles. The number of hydrogen-bond acceptors (Lipinski definition) is 4. The molecule has 1 amide bonds. The number of carbonyl (C=O) groups is 1. The van der Waals surface area contributed by atoms with Crippen molar-refractivity contribution in [2.45, 2.75) is 4.90 Å². The van der Waals surface area contributed by atoms with Crippen LogP contribution < -0.4 is 5.32 Å². The quantitative estimate of drug-likeness (QED) is 0.407. The van der Waals surface area contributed by atoms with Gasteiger partial charge < -0.3 is 9.73 Å². The van der Waals surface area contributed by atoms with Crippen LogP contribution in [0.3, 0.4) is 0 Å². The number of rotatable bonds is 5. The van der Waals surface area contributed by atoms with Crippen LogP contribution in [0.2, 0.25) is 5.02 Å². The molecule has 0 aliphatic heterocycles. The van der Waals surface area contributed by atoms with Crippen molar-refractivity contribution in [1.82, 2.24) is 4.98 Å². The molecule has 0 bridgehead atoms. The lowest BCUT2D eigenvalue weighted by Crippen LogP contribution is -2.13. The van der Waals surface area contributed by atoms with Crippen molar-refractivity contribution in [2.24, 2.45) is 0 Å². The molecule has 1 heterocycles. The first kappa shape index (κ1) is 18.5. The van der Waals surface area contributed by atoms with E-state index in [4.69, 9.17) is 16.0 Å². The standard InChI is InChI=1S/C21H14ClFN2O2S/c22-14-4-7-17(8-5-14)28-12-20(26)24-16-6-9-19-18(11-16)25-21(27-19)13-2-1-3-15(23)10-13/h1-11H,12H2,(H,24,26). The van der Waals surface area contributed by atoms with Gasteiger partial charge in [-0.25, -0.2) is 9.37 Å². The molecule has 4 aromatic rings. The van der Waals surface area contributed by atoms with Crippen molar-refractivity contribution in [1.29, 1.82) is 0 Å². The molecule has 0 saturated carbocycles. The number of fused-ring (bicyclic) bond motifs is 1. The molecule has 0 radical (unpaired) electrons. The summed E-state index contributed by atoms with van der Waals surface area (Å²) >= 11 is 7.28. The summed E-state index contributed by atoms with van der Waals surface area (Å²) in [4.78, 5) is 17.6. The highest BCUT2D eigenvalue weighted by molar-refractivity contribution is 8.00. The number of halogens is 2. The Morgan fingerprint density at radius 2 is 1.93 bits per heavy atom. The lowest BCUT2D eigenvalue weighted by molar-refractivity contribution is -0.113. The Labute approximate surface area is 169 Å². The van der Waals surface area contributed by atoms with Crippen LogP contribution >= 0.6 is 23.4 Å². The molecule has 0 aliphatic carbocycles. The molecule has 0 spiro atoms. The summed E-state index contributed by atoms with van der Waals surface area (Å²) in [5.41, 5.74) is 2.32. The average Bonchev–Trinajstić information content (AvgIpc) is 3.11. The van der Waals surface area contributed by atoms with Gasteiger partial charge in [0.1, 0.15) is 11.3 Å². The minimum absolute atomic E-state index is 0.131. The van der Waals surface area contributed by atoms with Crippen LogP contribution in [-0.4, -0.2) is 16.6 Å². The first-order chi connectivity index (χ1) is 13.6. The zero-order valence-electron chi connectivity index (χ0n) is 14.5. The molecule has 4 nitrogen and oxygen atoms in total. The summed E-state index contributed by atoms with van der Waals surface area (Å²) in [6.45, 7) is 0. The Morgan fingerprint density at radius 3 is 2.71 bits per heavy atom. The van der Waals surface area contributed by atoms with Gasteiger partial charge in [0.2, 0.25) is 11.8 Å². The highest BCUT2D eigenvalue weighted by Crippen LogP contribution is 2.27. The smallest absolute Gasteiger partial charge is 0.234 e. The first-order valence-electron chi connectivity index (χ1n) is 8.41. The van der Waals surface area contributed by atoms with E-state index in [2.05, 4.69) is 10.3 Å². The normalized spacial score (nSPS) is 10.9. The summed E-state index contributed by atoms with van der Waals surface area (Å²) in [7, 11) is 0. The van der Waals surface area contributed by atoms with Crippen LogP contribution in [0.4, 0.5) is 10.1 Å². The lowest BCUT2D eigenvalue weighted by Gasteiger charge is -2.05. The molecule has 0 unspecified atom stereocenters. The summed E-state index contributed by atoms with van der Waals surface area (Å²) in [6, 6.07) is 18.6. The monoisotopic (exact) mass is 412 g/mol. The second-order valence-electron chi connectivity index (χ2n) is 6.00. The van der Waals surface area contributed by atoms with Crippen LogP contribution in [-0.2, 0) is 4.79 Å². The largest absolute Gasteiger partial charge is 0.436 e. The number of benzene rings is 3. The van der Waals surface area contributed by atoms with Crippen LogP contribution in [0.15, 0.2) is 76.0 Å². The highest BCUT2D eigenvalue weighted by Gasteiger charge is 2.11. The predicted molar refractivity (Wildman–Crippen MR) is 110 cm³/mol. The maximum absolute atomic E-state index is 13.4. The van der Waals surface area contributed by atoms with Crippen LogP contribution in [0.1, 0.15) is 0 Å². The first-order valence-corrected chi connectivity index (χ1v) is 9.78. The predicted octanol–water partition coefficient (Wildman–Crippen LogP) is 6.02. The van der Waals surface area contributed by atoms with E-state index in [0.29, 0.717) is 33.3 Å². The van der Waals surface area contributed by atoms with Gasteiger partial charge in [-0.2, -0.15) is 0 Å². The number of amides is 1. The lowest BCUT2D eigenvalue weighted by atomic mass is 10.2. The molecular weight excluding hydrogens is 399 g/mol. The third-order valence-electron chi connectivity index (χ3n) is 3.93. The molecule has 1 N–H and O–H groups in total. The number of thioether (sulfide) groups is 1. The molecular formula is C21H14ClFN2O2S. The Kier molecular flexibility index (Phi) is 5.32. The van der Waals surface area contributed by atoms with Gasteiger partial charge in [-0.05, 0) is 60.7 Å². The van der Waals surface area contributed by atoms with Gasteiger partial charge in [-0.3, -0.25) is 4.79 Å². The van der Waals surface area contributed by atoms with E-state index in [1.807, 2.05) is 12.1 Å². The Balaban J connectivity index is 1.45. The third kappa shape index (κ3) is 4.35. The van der Waals surface area contributed by atoms with Gasteiger partial charge in [0.25, 0.3) is 0 Å². The second-order valence-corrected chi connectivity index (χ2v) is 7.49. The maximum atomic E-state index is 13.4. The Hall–Kier alpha value is -2.83. The molecule has 140 valence electrons. The number of oxazole rings is 1. The van der Waals surface area contributed by atoms with E-state index in [-0.39, 0.29) is 17.5 Å². The molecule has 0 atom stereocenters. The van der Waals surface area contributed by atoms with Gasteiger partial charge in [0.05, 0.1) is 5.75 Å². The fourth-order valence-corrected chi connectivity index (χ4v) is 3.45. The van der Waals surface area contributed by atoms with E-state index < -0.39 is 0 Å². The Morgan fingerprint density at radius 1 is 1.11 bits per heavy atom. The van der Waals surface area contributed by atoms with Crippen LogP contribution in [0.5, 0.6) is 0 Å². The van der Waals surface area contributed by atoms with Crippen molar-refractivity contribution in [3.63, 3.8) is 0 Å². The molecule has 28 heavy (non-hydrogen) atoms. The molecule has 1 aromatic heterocycles. The van der Waals surface area contributed by atoms with E-state index in [0.717, 1.165) is 4.90 Å². The minimum atomic E-state index is -0.356. The molecule has 4 rings (SSSR count). The van der Waals surface area contributed by atoms with E-state index >= 15 is 0 Å². The van der Waals surface area contributed by atoms with Crippen LogP contribution in [0.25, 0.3) is 22.6 Å². The third-order valence-corrected chi connectivity index (χ3v) is 5.19.